The Morgan fingerprint density at radius 2 is 1.90 bits per heavy atom. The molecule has 2 atom stereocenters. The molecule has 9 nitrogen and oxygen atoms in total. The first-order valence-corrected chi connectivity index (χ1v) is 10.8. The normalized spacial score (nSPS) is 18.7. The molecule has 2 N–H and O–H groups in total. The van der Waals surface area contributed by atoms with Gasteiger partial charge in [0.05, 0.1) is 0 Å². The Kier molecular flexibility index (Phi) is 6.22. The molecule has 160 valence electrons. The molecule has 1 aliphatic rings. The van der Waals surface area contributed by atoms with Gasteiger partial charge in [-0.25, -0.2) is 14.3 Å². The number of rotatable bonds is 6. The second-order valence-electron chi connectivity index (χ2n) is 7.45. The van der Waals surface area contributed by atoms with Crippen molar-refractivity contribution in [1.29, 1.82) is 0 Å². The van der Waals surface area contributed by atoms with E-state index in [-0.39, 0.29) is 5.89 Å². The van der Waals surface area contributed by atoms with Crippen molar-refractivity contribution in [2.24, 2.45) is 0 Å². The number of hydrogen-bond donors (Lipinski definition) is 2. The smallest absolute Gasteiger partial charge is 0.391 e. The number of halogens is 1. The summed E-state index contributed by atoms with van der Waals surface area (Å²) in [5, 5.41) is 5.95. The van der Waals surface area contributed by atoms with Gasteiger partial charge in [0.15, 0.2) is 0 Å². The van der Waals surface area contributed by atoms with E-state index in [0.29, 0.717) is 37.3 Å². The van der Waals surface area contributed by atoms with Gasteiger partial charge in [-0.05, 0) is 43.7 Å². The molecule has 2 heterocycles. The maximum atomic E-state index is 14.7. The van der Waals surface area contributed by atoms with E-state index in [1.807, 2.05) is 18.9 Å². The van der Waals surface area contributed by atoms with Crippen molar-refractivity contribution >= 4 is 10.2 Å². The van der Waals surface area contributed by atoms with Crippen molar-refractivity contribution in [2.75, 3.05) is 33.2 Å². The Bertz CT molecular complexity index is 1030. The van der Waals surface area contributed by atoms with Gasteiger partial charge in [0.25, 0.3) is 10.2 Å². The Balaban J connectivity index is 1.98. The molecule has 0 amide bonds. The van der Waals surface area contributed by atoms with Gasteiger partial charge in [0.2, 0.25) is 5.89 Å². The van der Waals surface area contributed by atoms with Gasteiger partial charge in [-0.15, -0.1) is 5.10 Å². The van der Waals surface area contributed by atoms with E-state index < -0.39 is 33.7 Å². The van der Waals surface area contributed by atoms with Gasteiger partial charge < -0.3 is 9.32 Å². The van der Waals surface area contributed by atoms with Crippen LogP contribution in [0, 0.1) is 19.7 Å². The number of H-pyrrole nitrogens is 1. The fourth-order valence-electron chi connectivity index (χ4n) is 3.53. The number of benzene rings is 1. The molecular formula is C18H26FN5O4S. The number of likely N-dealkylation sites (N-methyl/N-ethyl adjacent to an activating group) is 1. The fourth-order valence-corrected chi connectivity index (χ4v) is 4.95. The zero-order valence-corrected chi connectivity index (χ0v) is 17.7. The van der Waals surface area contributed by atoms with E-state index >= 15 is 0 Å². The van der Waals surface area contributed by atoms with Gasteiger partial charge in [0, 0.05) is 32.1 Å². The lowest BCUT2D eigenvalue weighted by molar-refractivity contribution is 0.219. The molecule has 3 rings (SSSR count). The number of nitrogens with one attached hydrogen (secondary N) is 2. The highest BCUT2D eigenvalue weighted by atomic mass is 32.2. The zero-order valence-electron chi connectivity index (χ0n) is 16.9. The van der Waals surface area contributed by atoms with Crippen molar-refractivity contribution in [3.63, 3.8) is 0 Å². The summed E-state index contributed by atoms with van der Waals surface area (Å²) in [4.78, 5) is 13.5. The van der Waals surface area contributed by atoms with E-state index in [9.17, 15) is 17.6 Å². The van der Waals surface area contributed by atoms with Crippen LogP contribution in [0.1, 0.15) is 41.5 Å². The first-order chi connectivity index (χ1) is 13.6. The minimum atomic E-state index is -3.92. The predicted octanol–water partition coefficient (Wildman–Crippen LogP) is 1.05. The van der Waals surface area contributed by atoms with Crippen LogP contribution >= 0.6 is 0 Å². The summed E-state index contributed by atoms with van der Waals surface area (Å²) in [6.45, 7) is 7.16. The highest BCUT2D eigenvalue weighted by Gasteiger charge is 2.35. The fraction of sp³-hybridized carbons (Fsp3) is 0.556. The largest absolute Gasteiger partial charge is 0.434 e. The number of aromatic amines is 1. The summed E-state index contributed by atoms with van der Waals surface area (Å²) in [6, 6.07) is 1.95. The quantitative estimate of drug-likeness (QED) is 0.713. The maximum absolute atomic E-state index is 14.7. The molecule has 0 saturated carbocycles. The van der Waals surface area contributed by atoms with Gasteiger partial charge in [-0.2, -0.15) is 17.4 Å². The Morgan fingerprint density at radius 1 is 1.24 bits per heavy atom. The molecular weight excluding hydrogens is 401 g/mol. The van der Waals surface area contributed by atoms with Crippen LogP contribution in [0.4, 0.5) is 4.39 Å². The van der Waals surface area contributed by atoms with Crippen LogP contribution in [0.25, 0.3) is 0 Å². The minimum absolute atomic E-state index is 0.138. The molecule has 1 saturated heterocycles. The monoisotopic (exact) mass is 427 g/mol. The molecule has 1 unspecified atom stereocenters. The average molecular weight is 428 g/mol. The summed E-state index contributed by atoms with van der Waals surface area (Å²) >= 11 is 0. The number of aryl methyl sites for hydroxylation is 1. The van der Waals surface area contributed by atoms with Crippen LogP contribution in [0.3, 0.4) is 0 Å². The highest BCUT2D eigenvalue weighted by Crippen LogP contribution is 2.34. The van der Waals surface area contributed by atoms with Gasteiger partial charge in [-0.3, -0.25) is 0 Å². The lowest BCUT2D eigenvalue weighted by Gasteiger charge is -2.33. The molecule has 0 bridgehead atoms. The molecule has 29 heavy (non-hydrogen) atoms. The third kappa shape index (κ3) is 4.58. The van der Waals surface area contributed by atoms with Gasteiger partial charge >= 0.3 is 5.76 Å². The molecule has 1 fully saturated rings. The third-order valence-corrected chi connectivity index (χ3v) is 7.08. The van der Waals surface area contributed by atoms with Crippen LogP contribution < -0.4 is 10.5 Å². The summed E-state index contributed by atoms with van der Waals surface area (Å²) in [5.41, 5.74) is 1.93. The Morgan fingerprint density at radius 3 is 2.48 bits per heavy atom. The maximum Gasteiger partial charge on any atom is 0.434 e. The van der Waals surface area contributed by atoms with Crippen LogP contribution in [0.5, 0.6) is 0 Å². The van der Waals surface area contributed by atoms with Crippen molar-refractivity contribution in [1.82, 2.24) is 24.1 Å². The van der Waals surface area contributed by atoms with Crippen molar-refractivity contribution < 1.29 is 17.2 Å². The zero-order chi connectivity index (χ0) is 21.3. The SMILES string of the molecule is Cc1ccc(F)c(C(C)[C@H](NS(=O)(=O)N2CCN(C)CC2)c2n[nH]c(=O)o2)c1C. The lowest BCUT2D eigenvalue weighted by Crippen LogP contribution is -2.51. The van der Waals surface area contributed by atoms with Crippen LogP contribution in [0.15, 0.2) is 21.3 Å². The molecule has 1 aromatic carbocycles. The predicted molar refractivity (Wildman–Crippen MR) is 105 cm³/mol. The molecule has 1 aliphatic heterocycles. The van der Waals surface area contributed by atoms with Gasteiger partial charge in [-0.1, -0.05) is 13.0 Å². The van der Waals surface area contributed by atoms with Crippen LogP contribution in [0.2, 0.25) is 0 Å². The average Bonchev–Trinajstić information content (AvgIpc) is 3.09. The highest BCUT2D eigenvalue weighted by molar-refractivity contribution is 7.87. The van der Waals surface area contributed by atoms with E-state index in [2.05, 4.69) is 14.9 Å². The van der Waals surface area contributed by atoms with E-state index in [4.69, 9.17) is 4.42 Å². The van der Waals surface area contributed by atoms with E-state index in [1.54, 1.807) is 19.9 Å². The molecule has 0 radical (unpaired) electrons. The molecule has 0 spiro atoms. The van der Waals surface area contributed by atoms with Crippen LogP contribution in [-0.4, -0.2) is 61.0 Å². The lowest BCUT2D eigenvalue weighted by atomic mass is 9.88. The number of aromatic nitrogens is 2. The summed E-state index contributed by atoms with van der Waals surface area (Å²) in [6.07, 6.45) is 0. The topological polar surface area (TPSA) is 112 Å². The molecule has 2 aromatic rings. The summed E-state index contributed by atoms with van der Waals surface area (Å²) in [7, 11) is -1.99. The Hall–Kier alpha value is -2.08. The minimum Gasteiger partial charge on any atom is -0.391 e. The summed E-state index contributed by atoms with van der Waals surface area (Å²) in [5.74, 6) is -2.08. The first-order valence-electron chi connectivity index (χ1n) is 9.37. The molecule has 11 heteroatoms. The second kappa shape index (κ2) is 8.34. The van der Waals surface area contributed by atoms with Crippen molar-refractivity contribution in [3.05, 3.63) is 51.1 Å². The standard InChI is InChI=1S/C18H26FN5O4S/c1-11-5-6-14(19)15(12(11)2)13(3)16(17-20-21-18(25)28-17)22-29(26,27)24-9-7-23(4)8-10-24/h5-6,13,16,22H,7-10H2,1-4H3,(H,21,25)/t13?,16-/m0/s1. The number of nitrogens with zero attached hydrogens (tertiary/aromatic N) is 3. The van der Waals surface area contributed by atoms with Crippen molar-refractivity contribution in [2.45, 2.75) is 32.7 Å². The number of hydrogen-bond acceptors (Lipinski definition) is 6. The molecule has 1 aromatic heterocycles. The third-order valence-electron chi connectivity index (χ3n) is 5.49. The van der Waals surface area contributed by atoms with Gasteiger partial charge in [0.1, 0.15) is 11.9 Å². The first kappa shape index (κ1) is 21.6. The molecule has 0 aliphatic carbocycles. The van der Waals surface area contributed by atoms with Crippen molar-refractivity contribution in [3.8, 4) is 0 Å². The van der Waals surface area contributed by atoms with E-state index in [1.165, 1.54) is 10.4 Å². The second-order valence-corrected chi connectivity index (χ2v) is 9.15. The Labute approximate surface area is 169 Å². The van der Waals surface area contributed by atoms with Crippen LogP contribution in [-0.2, 0) is 10.2 Å². The summed E-state index contributed by atoms with van der Waals surface area (Å²) < 4.78 is 49.6. The number of piperazine rings is 1. The van der Waals surface area contributed by atoms with E-state index in [0.717, 1.165) is 5.56 Å².